The molecule has 3 nitrogen and oxygen atoms in total. The maximum atomic E-state index is 9.44. The number of benzene rings is 1. The highest BCUT2D eigenvalue weighted by Gasteiger charge is 2.21. The van der Waals surface area contributed by atoms with E-state index in [1.54, 1.807) is 0 Å². The van der Waals surface area contributed by atoms with Crippen LogP contribution in [0.3, 0.4) is 0 Å². The van der Waals surface area contributed by atoms with Crippen LogP contribution >= 0.6 is 0 Å². The van der Waals surface area contributed by atoms with Crippen molar-refractivity contribution >= 4 is 0 Å². The third kappa shape index (κ3) is 3.55. The van der Waals surface area contributed by atoms with E-state index in [4.69, 9.17) is 0 Å². The van der Waals surface area contributed by atoms with Crippen LogP contribution in [0.1, 0.15) is 17.5 Å². The van der Waals surface area contributed by atoms with Crippen molar-refractivity contribution in [3.8, 4) is 0 Å². The SMILES string of the molecule is Cc1ccc(CN2CCCN(C)C(CO)C2)cc1. The molecule has 1 saturated heterocycles. The molecular formula is C15H24N2O. The molecule has 2 rings (SSSR count). The maximum Gasteiger partial charge on any atom is 0.0599 e. The Bertz CT molecular complexity index is 363. The standard InChI is InChI=1S/C15H24N2O/c1-13-4-6-14(7-5-13)10-17-9-3-8-16(2)15(11-17)12-18/h4-7,15,18H,3,8-12H2,1-2H3. The molecule has 1 N–H and O–H groups in total. The lowest BCUT2D eigenvalue weighted by molar-refractivity contribution is 0.129. The Morgan fingerprint density at radius 1 is 1.22 bits per heavy atom. The Labute approximate surface area is 110 Å². The Hall–Kier alpha value is -0.900. The quantitative estimate of drug-likeness (QED) is 0.878. The van der Waals surface area contributed by atoms with Gasteiger partial charge in [-0.1, -0.05) is 29.8 Å². The molecule has 3 heteroatoms. The minimum absolute atomic E-state index is 0.251. The average molecular weight is 248 g/mol. The van der Waals surface area contributed by atoms with E-state index in [1.165, 1.54) is 17.5 Å². The number of rotatable bonds is 3. The fourth-order valence-corrected chi connectivity index (χ4v) is 2.55. The number of aryl methyl sites for hydroxylation is 1. The van der Waals surface area contributed by atoms with E-state index >= 15 is 0 Å². The molecule has 0 aliphatic carbocycles. The van der Waals surface area contributed by atoms with E-state index < -0.39 is 0 Å². The molecule has 1 aliphatic heterocycles. The molecule has 0 aromatic heterocycles. The van der Waals surface area contributed by atoms with Gasteiger partial charge in [-0.2, -0.15) is 0 Å². The van der Waals surface area contributed by atoms with Crippen molar-refractivity contribution in [3.05, 3.63) is 35.4 Å². The molecule has 1 unspecified atom stereocenters. The normalized spacial score (nSPS) is 22.9. The molecule has 18 heavy (non-hydrogen) atoms. The Morgan fingerprint density at radius 2 is 1.94 bits per heavy atom. The van der Waals surface area contributed by atoms with E-state index in [1.807, 2.05) is 0 Å². The maximum absolute atomic E-state index is 9.44. The third-order valence-corrected chi connectivity index (χ3v) is 3.81. The molecule has 0 spiro atoms. The molecule has 0 amide bonds. The molecule has 1 fully saturated rings. The van der Waals surface area contributed by atoms with Crippen LogP contribution in [-0.4, -0.2) is 54.2 Å². The van der Waals surface area contributed by atoms with Gasteiger partial charge in [0, 0.05) is 19.1 Å². The van der Waals surface area contributed by atoms with Crippen molar-refractivity contribution in [1.82, 2.24) is 9.80 Å². The second-order valence-electron chi connectivity index (χ2n) is 5.39. The largest absolute Gasteiger partial charge is 0.395 e. The van der Waals surface area contributed by atoms with Crippen LogP contribution in [0.15, 0.2) is 24.3 Å². The van der Waals surface area contributed by atoms with Gasteiger partial charge in [-0.3, -0.25) is 9.80 Å². The van der Waals surface area contributed by atoms with Crippen molar-refractivity contribution in [2.24, 2.45) is 0 Å². The van der Waals surface area contributed by atoms with Gasteiger partial charge in [0.05, 0.1) is 6.61 Å². The average Bonchev–Trinajstić information content (AvgIpc) is 2.54. The van der Waals surface area contributed by atoms with Crippen molar-refractivity contribution in [2.45, 2.75) is 25.9 Å². The van der Waals surface area contributed by atoms with E-state index in [0.29, 0.717) is 0 Å². The topological polar surface area (TPSA) is 26.7 Å². The first-order chi connectivity index (χ1) is 8.69. The van der Waals surface area contributed by atoms with Crippen LogP contribution < -0.4 is 0 Å². The molecule has 1 aliphatic rings. The van der Waals surface area contributed by atoms with Crippen LogP contribution in [0.25, 0.3) is 0 Å². The number of likely N-dealkylation sites (N-methyl/N-ethyl adjacent to an activating group) is 1. The van der Waals surface area contributed by atoms with Crippen molar-refractivity contribution in [3.63, 3.8) is 0 Å². The van der Waals surface area contributed by atoms with Crippen LogP contribution in [0.4, 0.5) is 0 Å². The van der Waals surface area contributed by atoms with Crippen LogP contribution in [-0.2, 0) is 6.54 Å². The summed E-state index contributed by atoms with van der Waals surface area (Å²) >= 11 is 0. The summed E-state index contributed by atoms with van der Waals surface area (Å²) < 4.78 is 0. The zero-order chi connectivity index (χ0) is 13.0. The minimum Gasteiger partial charge on any atom is -0.395 e. The monoisotopic (exact) mass is 248 g/mol. The predicted octanol–water partition coefficient (Wildman–Crippen LogP) is 1.49. The predicted molar refractivity (Wildman–Crippen MR) is 74.6 cm³/mol. The lowest BCUT2D eigenvalue weighted by atomic mass is 10.1. The zero-order valence-corrected chi connectivity index (χ0v) is 11.5. The number of aliphatic hydroxyl groups excluding tert-OH is 1. The second kappa shape index (κ2) is 6.32. The molecule has 0 bridgehead atoms. The van der Waals surface area contributed by atoms with Gasteiger partial charge in [-0.15, -0.1) is 0 Å². The molecule has 1 atom stereocenters. The van der Waals surface area contributed by atoms with E-state index in [-0.39, 0.29) is 12.6 Å². The summed E-state index contributed by atoms with van der Waals surface area (Å²) in [5.41, 5.74) is 2.67. The van der Waals surface area contributed by atoms with Gasteiger partial charge in [0.25, 0.3) is 0 Å². The highest BCUT2D eigenvalue weighted by atomic mass is 16.3. The van der Waals surface area contributed by atoms with E-state index in [2.05, 4.69) is 48.0 Å². The summed E-state index contributed by atoms with van der Waals surface area (Å²) in [4.78, 5) is 4.73. The molecule has 1 heterocycles. The Balaban J connectivity index is 1.97. The van der Waals surface area contributed by atoms with E-state index in [0.717, 1.165) is 26.2 Å². The molecule has 100 valence electrons. The van der Waals surface area contributed by atoms with Gasteiger partial charge in [0.2, 0.25) is 0 Å². The smallest absolute Gasteiger partial charge is 0.0599 e. The van der Waals surface area contributed by atoms with Crippen molar-refractivity contribution in [1.29, 1.82) is 0 Å². The van der Waals surface area contributed by atoms with E-state index in [9.17, 15) is 5.11 Å². The highest BCUT2D eigenvalue weighted by molar-refractivity contribution is 5.21. The summed E-state index contributed by atoms with van der Waals surface area (Å²) in [5.74, 6) is 0. The summed E-state index contributed by atoms with van der Waals surface area (Å²) in [5, 5.41) is 9.44. The second-order valence-corrected chi connectivity index (χ2v) is 5.39. The first-order valence-electron chi connectivity index (χ1n) is 6.78. The lowest BCUT2D eigenvalue weighted by Gasteiger charge is -2.27. The fraction of sp³-hybridized carbons (Fsp3) is 0.600. The van der Waals surface area contributed by atoms with Crippen molar-refractivity contribution in [2.75, 3.05) is 33.3 Å². The molecular weight excluding hydrogens is 224 g/mol. The van der Waals surface area contributed by atoms with Crippen molar-refractivity contribution < 1.29 is 5.11 Å². The number of hydrogen-bond donors (Lipinski definition) is 1. The van der Waals surface area contributed by atoms with Crippen LogP contribution in [0.5, 0.6) is 0 Å². The van der Waals surface area contributed by atoms with Gasteiger partial charge in [-0.05, 0) is 39.0 Å². The molecule has 0 saturated carbocycles. The van der Waals surface area contributed by atoms with Crippen LogP contribution in [0.2, 0.25) is 0 Å². The summed E-state index contributed by atoms with van der Waals surface area (Å²) in [6.07, 6.45) is 1.18. The highest BCUT2D eigenvalue weighted by Crippen LogP contribution is 2.12. The minimum atomic E-state index is 0.251. The first kappa shape index (κ1) is 13.5. The van der Waals surface area contributed by atoms with Gasteiger partial charge in [0.1, 0.15) is 0 Å². The zero-order valence-electron chi connectivity index (χ0n) is 11.5. The lowest BCUT2D eigenvalue weighted by Crippen LogP contribution is -2.41. The van der Waals surface area contributed by atoms with Gasteiger partial charge < -0.3 is 5.11 Å². The summed E-state index contributed by atoms with van der Waals surface area (Å²) in [6.45, 7) is 6.52. The van der Waals surface area contributed by atoms with Gasteiger partial charge in [-0.25, -0.2) is 0 Å². The van der Waals surface area contributed by atoms with Gasteiger partial charge >= 0.3 is 0 Å². The Kier molecular flexibility index (Phi) is 4.75. The summed E-state index contributed by atoms with van der Waals surface area (Å²) in [7, 11) is 2.11. The van der Waals surface area contributed by atoms with Crippen LogP contribution in [0, 0.1) is 6.92 Å². The third-order valence-electron chi connectivity index (χ3n) is 3.81. The Morgan fingerprint density at radius 3 is 2.61 bits per heavy atom. The number of aliphatic hydroxyl groups is 1. The molecule has 1 aromatic rings. The fourth-order valence-electron chi connectivity index (χ4n) is 2.55. The number of hydrogen-bond acceptors (Lipinski definition) is 3. The number of nitrogens with zero attached hydrogens (tertiary/aromatic N) is 2. The first-order valence-corrected chi connectivity index (χ1v) is 6.78. The summed E-state index contributed by atoms with van der Waals surface area (Å²) in [6, 6.07) is 9.03. The molecule has 0 radical (unpaired) electrons. The molecule has 1 aromatic carbocycles. The van der Waals surface area contributed by atoms with Gasteiger partial charge in [0.15, 0.2) is 0 Å².